The number of nitrogens with zero attached hydrogens (tertiary/aromatic N) is 3. The molecular formula is C16H13N3O4. The number of non-ortho nitro benzene ring substituents is 1. The fourth-order valence-corrected chi connectivity index (χ4v) is 2.19. The second-order valence-corrected chi connectivity index (χ2v) is 5.01. The third kappa shape index (κ3) is 3.01. The standard InChI is InChI=1S/C16H13N3O4/c1-10(11(2)20)18-15(8-5-13(9-17)16(18)21)12-3-6-14(7-4-12)19(22)23/h3-8,10H,1-2H3. The molecule has 0 spiro atoms. The summed E-state index contributed by atoms with van der Waals surface area (Å²) in [5, 5.41) is 19.7. The molecule has 0 amide bonds. The predicted molar refractivity (Wildman–Crippen MR) is 82.9 cm³/mol. The van der Waals surface area contributed by atoms with E-state index in [0.29, 0.717) is 11.3 Å². The van der Waals surface area contributed by atoms with Gasteiger partial charge in [0.2, 0.25) is 0 Å². The number of carbonyl (C=O) groups excluding carboxylic acids is 1. The summed E-state index contributed by atoms with van der Waals surface area (Å²) in [5.74, 6) is -0.231. The molecule has 1 atom stereocenters. The molecule has 1 heterocycles. The van der Waals surface area contributed by atoms with Crippen LogP contribution >= 0.6 is 0 Å². The quantitative estimate of drug-likeness (QED) is 0.636. The summed E-state index contributed by atoms with van der Waals surface area (Å²) in [4.78, 5) is 34.3. The van der Waals surface area contributed by atoms with Crippen LogP contribution in [-0.2, 0) is 4.79 Å². The van der Waals surface area contributed by atoms with Crippen LogP contribution in [0.2, 0.25) is 0 Å². The van der Waals surface area contributed by atoms with Crippen LogP contribution in [0.3, 0.4) is 0 Å². The van der Waals surface area contributed by atoms with Crippen LogP contribution in [0.1, 0.15) is 25.5 Å². The Labute approximate surface area is 131 Å². The first-order chi connectivity index (χ1) is 10.9. The first kappa shape index (κ1) is 16.1. The zero-order valence-electron chi connectivity index (χ0n) is 12.5. The van der Waals surface area contributed by atoms with E-state index < -0.39 is 16.5 Å². The highest BCUT2D eigenvalue weighted by molar-refractivity contribution is 5.80. The Morgan fingerprint density at radius 3 is 2.35 bits per heavy atom. The molecule has 116 valence electrons. The van der Waals surface area contributed by atoms with Crippen LogP contribution in [-0.4, -0.2) is 15.3 Å². The van der Waals surface area contributed by atoms with E-state index in [-0.39, 0.29) is 17.0 Å². The summed E-state index contributed by atoms with van der Waals surface area (Å²) in [6, 6.07) is 9.63. The normalized spacial score (nSPS) is 11.5. The van der Waals surface area contributed by atoms with E-state index in [2.05, 4.69) is 0 Å². The number of pyridine rings is 1. The van der Waals surface area contributed by atoms with Crippen molar-refractivity contribution in [1.29, 1.82) is 5.26 Å². The van der Waals surface area contributed by atoms with Crippen molar-refractivity contribution in [3.8, 4) is 17.3 Å². The molecule has 1 aromatic carbocycles. The van der Waals surface area contributed by atoms with Gasteiger partial charge < -0.3 is 0 Å². The molecule has 0 fully saturated rings. The lowest BCUT2D eigenvalue weighted by molar-refractivity contribution is -0.384. The second-order valence-electron chi connectivity index (χ2n) is 5.01. The van der Waals surface area contributed by atoms with Crippen LogP contribution in [0.25, 0.3) is 11.3 Å². The van der Waals surface area contributed by atoms with E-state index >= 15 is 0 Å². The number of nitriles is 1. The van der Waals surface area contributed by atoms with E-state index in [0.717, 1.165) is 0 Å². The lowest BCUT2D eigenvalue weighted by Gasteiger charge is -2.18. The highest BCUT2D eigenvalue weighted by atomic mass is 16.6. The first-order valence-corrected chi connectivity index (χ1v) is 6.77. The third-order valence-corrected chi connectivity index (χ3v) is 3.59. The molecular weight excluding hydrogens is 298 g/mol. The number of Topliss-reactive ketones (excluding diaryl/α,β-unsaturated/α-hetero) is 1. The number of carbonyl (C=O) groups is 1. The minimum Gasteiger partial charge on any atom is -0.298 e. The first-order valence-electron chi connectivity index (χ1n) is 6.77. The topological polar surface area (TPSA) is 106 Å². The minimum atomic E-state index is -0.749. The van der Waals surface area contributed by atoms with Crippen molar-refractivity contribution in [2.45, 2.75) is 19.9 Å². The largest absolute Gasteiger partial charge is 0.298 e. The summed E-state index contributed by atoms with van der Waals surface area (Å²) in [5.41, 5.74) is 0.266. The minimum absolute atomic E-state index is 0.0660. The van der Waals surface area contributed by atoms with Gasteiger partial charge in [-0.15, -0.1) is 0 Å². The number of hydrogen-bond donors (Lipinski definition) is 0. The molecule has 1 aromatic heterocycles. The maximum Gasteiger partial charge on any atom is 0.269 e. The van der Waals surface area contributed by atoms with Crippen molar-refractivity contribution in [1.82, 2.24) is 4.57 Å². The van der Waals surface area contributed by atoms with Crippen molar-refractivity contribution in [3.05, 3.63) is 62.4 Å². The Kier molecular flexibility index (Phi) is 4.37. The number of ketones is 1. The third-order valence-electron chi connectivity index (χ3n) is 3.59. The van der Waals surface area contributed by atoms with Gasteiger partial charge >= 0.3 is 0 Å². The number of hydrogen-bond acceptors (Lipinski definition) is 5. The van der Waals surface area contributed by atoms with Gasteiger partial charge in [-0.3, -0.25) is 24.3 Å². The molecule has 0 aliphatic rings. The summed E-state index contributed by atoms with van der Waals surface area (Å²) in [7, 11) is 0. The van der Waals surface area contributed by atoms with Crippen LogP contribution < -0.4 is 5.56 Å². The van der Waals surface area contributed by atoms with Gasteiger partial charge in [0.25, 0.3) is 11.2 Å². The fourth-order valence-electron chi connectivity index (χ4n) is 2.19. The van der Waals surface area contributed by atoms with Crippen LogP contribution in [0, 0.1) is 21.4 Å². The summed E-state index contributed by atoms with van der Waals surface area (Å²) in [6.07, 6.45) is 0. The molecule has 7 nitrogen and oxygen atoms in total. The summed E-state index contributed by atoms with van der Waals surface area (Å²) >= 11 is 0. The molecule has 2 aromatic rings. The molecule has 0 saturated heterocycles. The Morgan fingerprint density at radius 2 is 1.87 bits per heavy atom. The molecule has 2 rings (SSSR count). The maximum absolute atomic E-state index is 12.4. The van der Waals surface area contributed by atoms with E-state index in [1.54, 1.807) is 19.1 Å². The molecule has 23 heavy (non-hydrogen) atoms. The van der Waals surface area contributed by atoms with E-state index in [1.807, 2.05) is 0 Å². The van der Waals surface area contributed by atoms with Crippen molar-refractivity contribution in [3.63, 3.8) is 0 Å². The number of benzene rings is 1. The van der Waals surface area contributed by atoms with Crippen molar-refractivity contribution in [2.75, 3.05) is 0 Å². The molecule has 0 bridgehead atoms. The molecule has 0 aliphatic heterocycles. The Morgan fingerprint density at radius 1 is 1.26 bits per heavy atom. The van der Waals surface area contributed by atoms with Crippen LogP contribution in [0.5, 0.6) is 0 Å². The zero-order valence-corrected chi connectivity index (χ0v) is 12.5. The van der Waals surface area contributed by atoms with Gasteiger partial charge in [-0.1, -0.05) is 0 Å². The van der Waals surface area contributed by atoms with Gasteiger partial charge in [-0.2, -0.15) is 5.26 Å². The van der Waals surface area contributed by atoms with Crippen molar-refractivity contribution in [2.24, 2.45) is 0 Å². The van der Waals surface area contributed by atoms with Gasteiger partial charge in [0.05, 0.1) is 16.7 Å². The molecule has 0 radical (unpaired) electrons. The second kappa shape index (κ2) is 6.23. The number of nitro benzene ring substituents is 1. The average molecular weight is 311 g/mol. The molecule has 0 saturated carbocycles. The molecule has 7 heteroatoms. The summed E-state index contributed by atoms with van der Waals surface area (Å²) < 4.78 is 1.24. The maximum atomic E-state index is 12.4. The Balaban J connectivity index is 2.69. The lowest BCUT2D eigenvalue weighted by Crippen LogP contribution is -2.30. The van der Waals surface area contributed by atoms with Gasteiger partial charge in [0.1, 0.15) is 11.6 Å². The predicted octanol–water partition coefficient (Wildman–Crippen LogP) is 2.45. The number of aromatic nitrogens is 1. The summed E-state index contributed by atoms with van der Waals surface area (Å²) in [6.45, 7) is 2.93. The zero-order chi connectivity index (χ0) is 17.1. The monoisotopic (exact) mass is 311 g/mol. The SMILES string of the molecule is CC(=O)C(C)n1c(-c2ccc([N+](=O)[O-])cc2)ccc(C#N)c1=O. The van der Waals surface area contributed by atoms with E-state index in [9.17, 15) is 19.7 Å². The average Bonchev–Trinajstić information content (AvgIpc) is 2.53. The van der Waals surface area contributed by atoms with Crippen LogP contribution in [0.15, 0.2) is 41.2 Å². The lowest BCUT2D eigenvalue weighted by atomic mass is 10.1. The van der Waals surface area contributed by atoms with Gasteiger partial charge in [-0.25, -0.2) is 0 Å². The molecule has 0 N–H and O–H groups in total. The van der Waals surface area contributed by atoms with Crippen molar-refractivity contribution < 1.29 is 9.72 Å². The van der Waals surface area contributed by atoms with Gasteiger partial charge in [0, 0.05) is 12.1 Å². The Hall–Kier alpha value is -3.27. The highest BCUT2D eigenvalue weighted by Crippen LogP contribution is 2.24. The molecule has 1 unspecified atom stereocenters. The number of nitro groups is 1. The van der Waals surface area contributed by atoms with Crippen molar-refractivity contribution >= 4 is 11.5 Å². The fraction of sp³-hybridized carbons (Fsp3) is 0.188. The van der Waals surface area contributed by atoms with E-state index in [1.165, 1.54) is 41.8 Å². The van der Waals surface area contributed by atoms with Gasteiger partial charge in [-0.05, 0) is 43.7 Å². The van der Waals surface area contributed by atoms with Gasteiger partial charge in [0.15, 0.2) is 5.78 Å². The number of rotatable bonds is 4. The Bertz CT molecular complexity index is 876. The van der Waals surface area contributed by atoms with Crippen LogP contribution in [0.4, 0.5) is 5.69 Å². The van der Waals surface area contributed by atoms with E-state index in [4.69, 9.17) is 5.26 Å². The highest BCUT2D eigenvalue weighted by Gasteiger charge is 2.19. The smallest absolute Gasteiger partial charge is 0.269 e. The molecule has 0 aliphatic carbocycles.